The number of nitrogens with one attached hydrogen (secondary N) is 1. The summed E-state index contributed by atoms with van der Waals surface area (Å²) in [5, 5.41) is 7.67. The van der Waals surface area contributed by atoms with Crippen LogP contribution in [-0.2, 0) is 13.5 Å². The van der Waals surface area contributed by atoms with Crippen molar-refractivity contribution in [1.29, 1.82) is 0 Å². The van der Waals surface area contributed by atoms with Gasteiger partial charge in [0.15, 0.2) is 0 Å². The topological polar surface area (TPSA) is 29.9 Å². The molecule has 3 nitrogen and oxygen atoms in total. The van der Waals surface area contributed by atoms with Gasteiger partial charge < -0.3 is 5.32 Å². The van der Waals surface area contributed by atoms with E-state index in [0.717, 1.165) is 12.1 Å². The van der Waals surface area contributed by atoms with E-state index in [2.05, 4.69) is 30.3 Å². The number of aryl methyl sites for hydroxylation is 1. The minimum atomic E-state index is 0.523. The van der Waals surface area contributed by atoms with Crippen molar-refractivity contribution in [3.63, 3.8) is 0 Å². The zero-order chi connectivity index (χ0) is 9.84. The maximum atomic E-state index is 4.36. The molecule has 1 aromatic rings. The summed E-state index contributed by atoms with van der Waals surface area (Å²) in [5.74, 6) is 0.645. The summed E-state index contributed by atoms with van der Waals surface area (Å²) in [5.41, 5.74) is 1.16. The quantitative estimate of drug-likeness (QED) is 0.756. The van der Waals surface area contributed by atoms with Gasteiger partial charge in [-0.3, -0.25) is 4.68 Å². The van der Waals surface area contributed by atoms with E-state index in [-0.39, 0.29) is 0 Å². The van der Waals surface area contributed by atoms with Gasteiger partial charge in [0.2, 0.25) is 0 Å². The highest BCUT2D eigenvalue weighted by atomic mass is 15.2. The minimum absolute atomic E-state index is 0.523. The first-order valence-corrected chi connectivity index (χ1v) is 4.79. The first-order chi connectivity index (χ1) is 6.13. The molecule has 1 rings (SSSR count). The summed E-state index contributed by atoms with van der Waals surface area (Å²) in [6.07, 6.45) is 3.00. The van der Waals surface area contributed by atoms with Crippen LogP contribution in [0.15, 0.2) is 12.3 Å². The molecule has 0 saturated heterocycles. The second-order valence-electron chi connectivity index (χ2n) is 3.82. The number of nitrogens with zero attached hydrogens (tertiary/aromatic N) is 2. The second-order valence-corrected chi connectivity index (χ2v) is 3.82. The summed E-state index contributed by atoms with van der Waals surface area (Å²) in [6.45, 7) is 4.45. The molecule has 0 aliphatic rings. The van der Waals surface area contributed by atoms with Crippen LogP contribution in [0.1, 0.15) is 19.5 Å². The summed E-state index contributed by atoms with van der Waals surface area (Å²) >= 11 is 0. The molecule has 0 saturated carbocycles. The van der Waals surface area contributed by atoms with Crippen LogP contribution in [0.2, 0.25) is 0 Å². The van der Waals surface area contributed by atoms with Crippen molar-refractivity contribution < 1.29 is 0 Å². The third kappa shape index (κ3) is 2.84. The highest BCUT2D eigenvalue weighted by Crippen LogP contribution is 2.07. The highest BCUT2D eigenvalue weighted by Gasteiger charge is 2.12. The predicted octanol–water partition coefficient (Wildman–Crippen LogP) is 1.21. The maximum Gasteiger partial charge on any atom is 0.0640 e. The molecule has 3 heteroatoms. The van der Waals surface area contributed by atoms with E-state index < -0.39 is 0 Å². The molecule has 0 amide bonds. The first-order valence-electron chi connectivity index (χ1n) is 4.79. The monoisotopic (exact) mass is 181 g/mol. The Kier molecular flexibility index (Phi) is 3.48. The van der Waals surface area contributed by atoms with Crippen molar-refractivity contribution in [3.8, 4) is 0 Å². The van der Waals surface area contributed by atoms with E-state index in [9.17, 15) is 0 Å². The van der Waals surface area contributed by atoms with Gasteiger partial charge in [-0.1, -0.05) is 13.8 Å². The lowest BCUT2D eigenvalue weighted by Crippen LogP contribution is -2.32. The summed E-state index contributed by atoms with van der Waals surface area (Å²) in [7, 11) is 3.96. The molecule has 1 unspecified atom stereocenters. The van der Waals surface area contributed by atoms with Crippen LogP contribution in [0, 0.1) is 5.92 Å². The molecule has 0 bridgehead atoms. The van der Waals surface area contributed by atoms with Crippen LogP contribution >= 0.6 is 0 Å². The van der Waals surface area contributed by atoms with Crippen molar-refractivity contribution in [2.24, 2.45) is 13.0 Å². The third-order valence-corrected chi connectivity index (χ3v) is 2.37. The minimum Gasteiger partial charge on any atom is -0.316 e. The van der Waals surface area contributed by atoms with Crippen LogP contribution < -0.4 is 5.32 Å². The first kappa shape index (κ1) is 10.3. The Morgan fingerprint density at radius 1 is 1.54 bits per heavy atom. The Hall–Kier alpha value is -0.830. The van der Waals surface area contributed by atoms with Crippen LogP contribution in [0.4, 0.5) is 0 Å². The Bertz CT molecular complexity index is 252. The van der Waals surface area contributed by atoms with Crippen molar-refractivity contribution in [3.05, 3.63) is 18.0 Å². The lowest BCUT2D eigenvalue weighted by molar-refractivity contribution is 0.420. The molecular formula is C10H19N3. The van der Waals surface area contributed by atoms with Crippen molar-refractivity contribution >= 4 is 0 Å². The van der Waals surface area contributed by atoms with Gasteiger partial charge in [0.25, 0.3) is 0 Å². The Labute approximate surface area is 80.1 Å². The number of rotatable bonds is 4. The lowest BCUT2D eigenvalue weighted by Gasteiger charge is -2.18. The van der Waals surface area contributed by atoms with Gasteiger partial charge in [-0.15, -0.1) is 0 Å². The molecule has 0 aliphatic heterocycles. The Balaban J connectivity index is 2.56. The van der Waals surface area contributed by atoms with Crippen LogP contribution in [-0.4, -0.2) is 22.9 Å². The number of likely N-dealkylation sites (N-methyl/N-ethyl adjacent to an activating group) is 1. The molecule has 0 aromatic carbocycles. The fourth-order valence-electron chi connectivity index (χ4n) is 1.47. The van der Waals surface area contributed by atoms with Crippen molar-refractivity contribution in [2.75, 3.05) is 7.05 Å². The standard InChI is InChI=1S/C10H19N3/c1-8(2)10(11-3)7-9-5-6-13(4)12-9/h5-6,8,10-11H,7H2,1-4H3. The van der Waals surface area contributed by atoms with E-state index in [1.807, 2.05) is 25.0 Å². The van der Waals surface area contributed by atoms with Crippen LogP contribution in [0.25, 0.3) is 0 Å². The van der Waals surface area contributed by atoms with Gasteiger partial charge in [-0.05, 0) is 19.0 Å². The second kappa shape index (κ2) is 4.42. The molecule has 0 aliphatic carbocycles. The van der Waals surface area contributed by atoms with Gasteiger partial charge in [0, 0.05) is 25.7 Å². The third-order valence-electron chi connectivity index (χ3n) is 2.37. The molecule has 0 radical (unpaired) electrons. The molecule has 13 heavy (non-hydrogen) atoms. The Morgan fingerprint density at radius 3 is 2.62 bits per heavy atom. The number of aromatic nitrogens is 2. The average Bonchev–Trinajstić information content (AvgIpc) is 2.46. The van der Waals surface area contributed by atoms with Gasteiger partial charge in [0.1, 0.15) is 0 Å². The van der Waals surface area contributed by atoms with E-state index >= 15 is 0 Å². The van der Waals surface area contributed by atoms with Gasteiger partial charge >= 0.3 is 0 Å². The largest absolute Gasteiger partial charge is 0.316 e. The zero-order valence-electron chi connectivity index (χ0n) is 8.91. The van der Waals surface area contributed by atoms with Crippen molar-refractivity contribution in [2.45, 2.75) is 26.3 Å². The molecule has 1 aromatic heterocycles. The van der Waals surface area contributed by atoms with E-state index in [1.54, 1.807) is 0 Å². The molecule has 0 spiro atoms. The summed E-state index contributed by atoms with van der Waals surface area (Å²) in [6, 6.07) is 2.60. The molecule has 74 valence electrons. The van der Waals surface area contributed by atoms with Gasteiger partial charge in [-0.25, -0.2) is 0 Å². The van der Waals surface area contributed by atoms with Gasteiger partial charge in [-0.2, -0.15) is 5.10 Å². The van der Waals surface area contributed by atoms with Gasteiger partial charge in [0.05, 0.1) is 5.69 Å². The lowest BCUT2D eigenvalue weighted by atomic mass is 10.00. The van der Waals surface area contributed by atoms with E-state index in [4.69, 9.17) is 0 Å². The SMILES string of the molecule is CNC(Cc1ccn(C)n1)C(C)C. The molecule has 1 atom stereocenters. The van der Waals surface area contributed by atoms with Crippen molar-refractivity contribution in [1.82, 2.24) is 15.1 Å². The molecule has 1 heterocycles. The number of hydrogen-bond donors (Lipinski definition) is 1. The summed E-state index contributed by atoms with van der Waals surface area (Å²) in [4.78, 5) is 0. The van der Waals surface area contributed by atoms with E-state index in [1.165, 1.54) is 0 Å². The normalized spacial score (nSPS) is 13.6. The number of hydrogen-bond acceptors (Lipinski definition) is 2. The zero-order valence-corrected chi connectivity index (χ0v) is 8.91. The highest BCUT2D eigenvalue weighted by molar-refractivity contribution is 5.01. The van der Waals surface area contributed by atoms with E-state index in [0.29, 0.717) is 12.0 Å². The predicted molar refractivity (Wildman–Crippen MR) is 54.6 cm³/mol. The fourth-order valence-corrected chi connectivity index (χ4v) is 1.47. The van der Waals surface area contributed by atoms with Crippen LogP contribution in [0.3, 0.4) is 0 Å². The summed E-state index contributed by atoms with van der Waals surface area (Å²) < 4.78 is 1.85. The fraction of sp³-hybridized carbons (Fsp3) is 0.700. The average molecular weight is 181 g/mol. The Morgan fingerprint density at radius 2 is 2.23 bits per heavy atom. The molecule has 1 N–H and O–H groups in total. The smallest absolute Gasteiger partial charge is 0.0640 e. The molecular weight excluding hydrogens is 162 g/mol. The molecule has 0 fully saturated rings. The van der Waals surface area contributed by atoms with Crippen LogP contribution in [0.5, 0.6) is 0 Å². The maximum absolute atomic E-state index is 4.36.